The lowest BCUT2D eigenvalue weighted by Gasteiger charge is -2.31. The monoisotopic (exact) mass is 299 g/mol. The van der Waals surface area contributed by atoms with Crippen molar-refractivity contribution in [1.29, 1.82) is 0 Å². The Morgan fingerprint density at radius 1 is 0.864 bits per heavy atom. The van der Waals surface area contributed by atoms with Crippen LogP contribution in [-0.2, 0) is 0 Å². The lowest BCUT2D eigenvalue weighted by molar-refractivity contribution is 0.115. The third kappa shape index (κ3) is 3.73. The van der Waals surface area contributed by atoms with E-state index in [4.69, 9.17) is 0 Å². The lowest BCUT2D eigenvalue weighted by atomic mass is 9.90. The van der Waals surface area contributed by atoms with Crippen LogP contribution < -0.4 is 5.32 Å². The number of hydrogen-bond donors (Lipinski definition) is 2. The van der Waals surface area contributed by atoms with Crippen LogP contribution in [0.1, 0.15) is 42.9 Å². The van der Waals surface area contributed by atoms with Gasteiger partial charge in [0.15, 0.2) is 0 Å². The number of rotatable bonds is 4. The molecule has 3 rings (SSSR count). The van der Waals surface area contributed by atoms with Gasteiger partial charge in [-0.15, -0.1) is 0 Å². The van der Waals surface area contributed by atoms with Crippen LogP contribution in [0.3, 0.4) is 0 Å². The first kappa shape index (κ1) is 15.2. The fraction of sp³-hybridized carbons (Fsp3) is 0.368. The smallest absolute Gasteiger partial charge is 0.123 e. The van der Waals surface area contributed by atoms with E-state index in [0.717, 1.165) is 31.2 Å². The van der Waals surface area contributed by atoms with E-state index in [-0.39, 0.29) is 18.0 Å². The maximum Gasteiger partial charge on any atom is 0.123 e. The van der Waals surface area contributed by atoms with E-state index in [1.54, 1.807) is 0 Å². The molecule has 3 heteroatoms. The zero-order chi connectivity index (χ0) is 15.4. The highest BCUT2D eigenvalue weighted by Gasteiger charge is 2.23. The van der Waals surface area contributed by atoms with Gasteiger partial charge in [0, 0.05) is 6.04 Å². The highest BCUT2D eigenvalue weighted by molar-refractivity contribution is 5.32. The summed E-state index contributed by atoms with van der Waals surface area (Å²) in [6.45, 7) is 0. The van der Waals surface area contributed by atoms with Crippen molar-refractivity contribution in [2.45, 2.75) is 43.9 Å². The van der Waals surface area contributed by atoms with Crippen LogP contribution in [0.15, 0.2) is 54.6 Å². The van der Waals surface area contributed by atoms with Gasteiger partial charge in [0.2, 0.25) is 0 Å². The molecule has 2 aromatic carbocycles. The summed E-state index contributed by atoms with van der Waals surface area (Å²) in [5.41, 5.74) is 2.25. The van der Waals surface area contributed by atoms with Crippen LogP contribution in [0.5, 0.6) is 0 Å². The average Bonchev–Trinajstić information content (AvgIpc) is 2.56. The molecule has 1 aliphatic carbocycles. The highest BCUT2D eigenvalue weighted by atomic mass is 19.1. The number of aliphatic hydroxyl groups is 1. The Labute approximate surface area is 131 Å². The van der Waals surface area contributed by atoms with Crippen molar-refractivity contribution in [2.75, 3.05) is 0 Å². The van der Waals surface area contributed by atoms with Gasteiger partial charge < -0.3 is 10.4 Å². The molecule has 0 aliphatic heterocycles. The Morgan fingerprint density at radius 3 is 2.09 bits per heavy atom. The van der Waals surface area contributed by atoms with E-state index in [2.05, 4.69) is 17.4 Å². The van der Waals surface area contributed by atoms with Gasteiger partial charge in [-0.25, -0.2) is 4.39 Å². The van der Waals surface area contributed by atoms with Crippen LogP contribution in [0.25, 0.3) is 0 Å². The van der Waals surface area contributed by atoms with E-state index >= 15 is 0 Å². The molecule has 1 fully saturated rings. The number of hydrogen-bond acceptors (Lipinski definition) is 2. The van der Waals surface area contributed by atoms with Gasteiger partial charge in [-0.3, -0.25) is 0 Å². The molecule has 1 aliphatic rings. The molecule has 2 aromatic rings. The quantitative estimate of drug-likeness (QED) is 0.900. The minimum atomic E-state index is -0.212. The summed E-state index contributed by atoms with van der Waals surface area (Å²) >= 11 is 0. The summed E-state index contributed by atoms with van der Waals surface area (Å²) in [7, 11) is 0. The Kier molecular flexibility index (Phi) is 4.86. The Bertz CT molecular complexity index is 576. The van der Waals surface area contributed by atoms with Gasteiger partial charge in [-0.2, -0.15) is 0 Å². The lowest BCUT2D eigenvalue weighted by Crippen LogP contribution is -2.37. The first-order chi connectivity index (χ1) is 10.7. The van der Waals surface area contributed by atoms with Gasteiger partial charge >= 0.3 is 0 Å². The highest BCUT2D eigenvalue weighted by Crippen LogP contribution is 2.26. The van der Waals surface area contributed by atoms with E-state index in [1.165, 1.54) is 17.7 Å². The predicted octanol–water partition coefficient (Wildman–Crippen LogP) is 3.81. The zero-order valence-electron chi connectivity index (χ0n) is 12.6. The molecule has 1 saturated carbocycles. The Balaban J connectivity index is 1.82. The number of aliphatic hydroxyl groups excluding tert-OH is 1. The second kappa shape index (κ2) is 7.03. The molecule has 2 N–H and O–H groups in total. The van der Waals surface area contributed by atoms with Crippen LogP contribution in [0, 0.1) is 5.82 Å². The summed E-state index contributed by atoms with van der Waals surface area (Å²) in [6, 6.07) is 17.4. The van der Waals surface area contributed by atoms with Gasteiger partial charge in [0.1, 0.15) is 5.82 Å². The second-order valence-electron chi connectivity index (χ2n) is 6.07. The summed E-state index contributed by atoms with van der Waals surface area (Å²) in [6.07, 6.45) is 3.50. The molecule has 0 radical (unpaired) electrons. The molecule has 1 atom stereocenters. The molecule has 0 spiro atoms. The number of halogens is 1. The summed E-state index contributed by atoms with van der Waals surface area (Å²) in [5, 5.41) is 13.4. The van der Waals surface area contributed by atoms with Crippen LogP contribution in [0.2, 0.25) is 0 Å². The topological polar surface area (TPSA) is 32.3 Å². The minimum absolute atomic E-state index is 0.0574. The fourth-order valence-corrected chi connectivity index (χ4v) is 3.16. The molecule has 2 nitrogen and oxygen atoms in total. The molecule has 0 heterocycles. The molecule has 116 valence electrons. The van der Waals surface area contributed by atoms with Crippen molar-refractivity contribution in [3.8, 4) is 0 Å². The normalized spacial score (nSPS) is 23.2. The standard InChI is InChI=1S/C19H22FNO/c20-16-8-6-15(7-9-16)19(14-4-2-1-3-5-14)21-17-10-12-18(22)13-11-17/h1-9,17-19,21-22H,10-13H2. The predicted molar refractivity (Wildman–Crippen MR) is 86.1 cm³/mol. The summed E-state index contributed by atoms with van der Waals surface area (Å²) in [5.74, 6) is -0.212. The maximum absolute atomic E-state index is 13.2. The van der Waals surface area contributed by atoms with Crippen LogP contribution in [-0.4, -0.2) is 17.3 Å². The van der Waals surface area contributed by atoms with E-state index < -0.39 is 0 Å². The van der Waals surface area contributed by atoms with Gasteiger partial charge in [-0.05, 0) is 48.9 Å². The van der Waals surface area contributed by atoms with Crippen molar-refractivity contribution in [3.05, 3.63) is 71.5 Å². The number of benzene rings is 2. The first-order valence-corrected chi connectivity index (χ1v) is 7.97. The van der Waals surface area contributed by atoms with E-state index in [0.29, 0.717) is 6.04 Å². The average molecular weight is 299 g/mol. The third-order valence-corrected chi connectivity index (χ3v) is 4.44. The molecular formula is C19H22FNO. The SMILES string of the molecule is OC1CCC(NC(c2ccccc2)c2ccc(F)cc2)CC1. The van der Waals surface area contributed by atoms with E-state index in [9.17, 15) is 9.50 Å². The molecule has 0 amide bonds. The zero-order valence-corrected chi connectivity index (χ0v) is 12.6. The molecular weight excluding hydrogens is 277 g/mol. The number of nitrogens with one attached hydrogen (secondary N) is 1. The molecule has 1 unspecified atom stereocenters. The van der Waals surface area contributed by atoms with Crippen molar-refractivity contribution in [3.63, 3.8) is 0 Å². The minimum Gasteiger partial charge on any atom is -0.393 e. The van der Waals surface area contributed by atoms with Crippen LogP contribution >= 0.6 is 0 Å². The largest absolute Gasteiger partial charge is 0.393 e. The maximum atomic E-state index is 13.2. The van der Waals surface area contributed by atoms with Gasteiger partial charge in [0.05, 0.1) is 12.1 Å². The first-order valence-electron chi connectivity index (χ1n) is 7.97. The van der Waals surface area contributed by atoms with Crippen molar-refractivity contribution >= 4 is 0 Å². The van der Waals surface area contributed by atoms with Crippen molar-refractivity contribution < 1.29 is 9.50 Å². The van der Waals surface area contributed by atoms with Gasteiger partial charge in [0.25, 0.3) is 0 Å². The third-order valence-electron chi connectivity index (χ3n) is 4.44. The fourth-order valence-electron chi connectivity index (χ4n) is 3.16. The molecule has 0 bridgehead atoms. The van der Waals surface area contributed by atoms with Crippen LogP contribution in [0.4, 0.5) is 4.39 Å². The summed E-state index contributed by atoms with van der Waals surface area (Å²) < 4.78 is 13.2. The van der Waals surface area contributed by atoms with E-state index in [1.807, 2.05) is 30.3 Å². The second-order valence-corrected chi connectivity index (χ2v) is 6.07. The Hall–Kier alpha value is -1.71. The molecule has 0 saturated heterocycles. The van der Waals surface area contributed by atoms with Crippen molar-refractivity contribution in [1.82, 2.24) is 5.32 Å². The Morgan fingerprint density at radius 2 is 1.45 bits per heavy atom. The molecule has 0 aromatic heterocycles. The van der Waals surface area contributed by atoms with Crippen molar-refractivity contribution in [2.24, 2.45) is 0 Å². The van der Waals surface area contributed by atoms with Gasteiger partial charge in [-0.1, -0.05) is 42.5 Å². The molecule has 22 heavy (non-hydrogen) atoms. The summed E-state index contributed by atoms with van der Waals surface area (Å²) in [4.78, 5) is 0.